The number of pyridine rings is 1. The van der Waals surface area contributed by atoms with Crippen molar-refractivity contribution in [3.8, 4) is 5.88 Å². The molecule has 0 spiro atoms. The van der Waals surface area contributed by atoms with Gasteiger partial charge < -0.3 is 21.1 Å². The first-order valence-electron chi connectivity index (χ1n) is 5.40. The molecule has 17 heavy (non-hydrogen) atoms. The van der Waals surface area contributed by atoms with Crippen molar-refractivity contribution >= 4 is 17.4 Å². The van der Waals surface area contributed by atoms with Crippen LogP contribution in [0.25, 0.3) is 0 Å². The number of nitrogens with one attached hydrogen (secondary N) is 2. The van der Waals surface area contributed by atoms with Gasteiger partial charge in [-0.2, -0.15) is 4.98 Å². The number of hydrogen-bond acceptors (Lipinski definition) is 5. The van der Waals surface area contributed by atoms with E-state index in [2.05, 4.69) is 15.6 Å². The summed E-state index contributed by atoms with van der Waals surface area (Å²) in [6.45, 7) is 3.95. The molecule has 6 nitrogen and oxygen atoms in total. The predicted molar refractivity (Wildman–Crippen MR) is 67.0 cm³/mol. The van der Waals surface area contributed by atoms with Gasteiger partial charge >= 0.3 is 0 Å². The highest BCUT2D eigenvalue weighted by molar-refractivity contribution is 5.80. The molecule has 0 radical (unpaired) electrons. The molecule has 1 aromatic heterocycles. The van der Waals surface area contributed by atoms with Crippen molar-refractivity contribution in [2.24, 2.45) is 0 Å². The van der Waals surface area contributed by atoms with Crippen molar-refractivity contribution in [3.05, 3.63) is 12.1 Å². The molecular formula is C11H18N4O2. The fourth-order valence-electron chi connectivity index (χ4n) is 1.13. The summed E-state index contributed by atoms with van der Waals surface area (Å²) in [5.74, 6) is 0.815. The van der Waals surface area contributed by atoms with Gasteiger partial charge in [-0.3, -0.25) is 4.79 Å². The average molecular weight is 238 g/mol. The van der Waals surface area contributed by atoms with Crippen molar-refractivity contribution in [1.82, 2.24) is 10.3 Å². The highest BCUT2D eigenvalue weighted by Crippen LogP contribution is 2.21. The second-order valence-electron chi connectivity index (χ2n) is 3.78. The van der Waals surface area contributed by atoms with Crippen molar-refractivity contribution in [1.29, 1.82) is 0 Å². The summed E-state index contributed by atoms with van der Waals surface area (Å²) in [4.78, 5) is 15.2. The molecule has 0 saturated heterocycles. The maximum atomic E-state index is 11.1. The molecule has 1 rings (SSSR count). The molecule has 0 aliphatic rings. The Labute approximate surface area is 101 Å². The third-order valence-electron chi connectivity index (χ3n) is 1.95. The Morgan fingerprint density at radius 2 is 2.24 bits per heavy atom. The van der Waals surface area contributed by atoms with E-state index in [1.807, 2.05) is 13.8 Å². The summed E-state index contributed by atoms with van der Waals surface area (Å²) in [6, 6.07) is 3.39. The van der Waals surface area contributed by atoms with Gasteiger partial charge in [-0.25, -0.2) is 0 Å². The number of nitrogens with two attached hydrogens (primary N) is 1. The summed E-state index contributed by atoms with van der Waals surface area (Å²) in [5, 5.41) is 5.39. The largest absolute Gasteiger partial charge is 0.473 e. The topological polar surface area (TPSA) is 89.3 Å². The zero-order valence-electron chi connectivity index (χ0n) is 10.3. The van der Waals surface area contributed by atoms with E-state index in [-0.39, 0.29) is 18.6 Å². The lowest BCUT2D eigenvalue weighted by atomic mass is 10.4. The molecule has 1 amide bonds. The molecule has 6 heteroatoms. The highest BCUT2D eigenvalue weighted by Gasteiger charge is 2.07. The molecule has 4 N–H and O–H groups in total. The zero-order valence-corrected chi connectivity index (χ0v) is 10.3. The summed E-state index contributed by atoms with van der Waals surface area (Å²) in [7, 11) is 1.58. The smallest absolute Gasteiger partial charge is 0.239 e. The summed E-state index contributed by atoms with van der Waals surface area (Å²) in [6.07, 6.45) is -0.000935. The van der Waals surface area contributed by atoms with Crippen LogP contribution in [-0.4, -0.2) is 30.6 Å². The van der Waals surface area contributed by atoms with E-state index >= 15 is 0 Å². The number of anilines is 2. The second kappa shape index (κ2) is 5.93. The molecule has 1 heterocycles. The third-order valence-corrected chi connectivity index (χ3v) is 1.95. The number of aromatic nitrogens is 1. The van der Waals surface area contributed by atoms with E-state index in [1.54, 1.807) is 19.2 Å². The number of likely N-dealkylation sites (N-methyl/N-ethyl adjacent to an activating group) is 1. The van der Waals surface area contributed by atoms with Crippen LogP contribution in [0.4, 0.5) is 11.5 Å². The van der Waals surface area contributed by atoms with Crippen LogP contribution >= 0.6 is 0 Å². The summed E-state index contributed by atoms with van der Waals surface area (Å²) >= 11 is 0. The SMILES string of the molecule is CNC(=O)CNc1ccc(N)c(OC(C)C)n1. The average Bonchev–Trinajstić information content (AvgIpc) is 2.29. The predicted octanol–water partition coefficient (Wildman–Crippen LogP) is 0.609. The fourth-order valence-corrected chi connectivity index (χ4v) is 1.13. The number of carbonyl (C=O) groups excluding carboxylic acids is 1. The first-order valence-corrected chi connectivity index (χ1v) is 5.40. The van der Waals surface area contributed by atoms with Crippen molar-refractivity contribution in [3.63, 3.8) is 0 Å². The Kier molecular flexibility index (Phi) is 4.56. The molecule has 0 aliphatic carbocycles. The molecular weight excluding hydrogens is 220 g/mol. The lowest BCUT2D eigenvalue weighted by Gasteiger charge is -2.12. The highest BCUT2D eigenvalue weighted by atomic mass is 16.5. The van der Waals surface area contributed by atoms with Gasteiger partial charge in [0.25, 0.3) is 0 Å². The van der Waals surface area contributed by atoms with Crippen molar-refractivity contribution < 1.29 is 9.53 Å². The van der Waals surface area contributed by atoms with Crippen LogP contribution in [-0.2, 0) is 4.79 Å². The Balaban J connectivity index is 2.71. The Hall–Kier alpha value is -1.98. The van der Waals surface area contributed by atoms with Crippen molar-refractivity contribution in [2.75, 3.05) is 24.6 Å². The third kappa shape index (κ3) is 4.18. The van der Waals surface area contributed by atoms with E-state index in [0.717, 1.165) is 0 Å². The molecule has 0 fully saturated rings. The fraction of sp³-hybridized carbons (Fsp3) is 0.455. The molecule has 94 valence electrons. The molecule has 0 aromatic carbocycles. The molecule has 0 bridgehead atoms. The van der Waals surface area contributed by atoms with E-state index in [9.17, 15) is 4.79 Å². The van der Waals surface area contributed by atoms with E-state index in [4.69, 9.17) is 10.5 Å². The Bertz CT molecular complexity index is 393. The van der Waals surface area contributed by atoms with Crippen molar-refractivity contribution in [2.45, 2.75) is 20.0 Å². The van der Waals surface area contributed by atoms with Gasteiger partial charge in [0.2, 0.25) is 11.8 Å². The molecule has 1 aromatic rings. The normalized spacial score (nSPS) is 10.1. The van der Waals surface area contributed by atoms with Crippen LogP contribution < -0.4 is 21.1 Å². The number of ether oxygens (including phenoxy) is 1. The minimum absolute atomic E-state index is 0.000935. The molecule has 0 unspecified atom stereocenters. The maximum absolute atomic E-state index is 11.1. The summed E-state index contributed by atoms with van der Waals surface area (Å²) < 4.78 is 5.44. The number of carbonyl (C=O) groups is 1. The molecule has 0 atom stereocenters. The standard InChI is InChI=1S/C11H18N4O2/c1-7(2)17-11-8(12)4-5-9(15-11)14-6-10(16)13-3/h4-5,7H,6,12H2,1-3H3,(H,13,16)(H,14,15). The number of hydrogen-bond donors (Lipinski definition) is 3. The molecule has 0 saturated carbocycles. The van der Waals surface area contributed by atoms with Gasteiger partial charge in [-0.05, 0) is 26.0 Å². The second-order valence-corrected chi connectivity index (χ2v) is 3.78. The van der Waals surface area contributed by atoms with Gasteiger partial charge in [-0.1, -0.05) is 0 Å². The van der Waals surface area contributed by atoms with Crippen LogP contribution in [0.5, 0.6) is 5.88 Å². The quantitative estimate of drug-likeness (QED) is 0.699. The van der Waals surface area contributed by atoms with Crippen LogP contribution in [0.2, 0.25) is 0 Å². The lowest BCUT2D eigenvalue weighted by Crippen LogP contribution is -2.26. The first kappa shape index (κ1) is 13.1. The van der Waals surface area contributed by atoms with Gasteiger partial charge in [0.1, 0.15) is 5.82 Å². The van der Waals surface area contributed by atoms with Gasteiger partial charge in [0.05, 0.1) is 18.3 Å². The van der Waals surface area contributed by atoms with E-state index in [0.29, 0.717) is 17.4 Å². The maximum Gasteiger partial charge on any atom is 0.239 e. The van der Waals surface area contributed by atoms with Crippen LogP contribution in [0.3, 0.4) is 0 Å². The number of nitrogens with zero attached hydrogens (tertiary/aromatic N) is 1. The molecule has 0 aliphatic heterocycles. The van der Waals surface area contributed by atoms with Gasteiger partial charge in [0, 0.05) is 7.05 Å². The van der Waals surface area contributed by atoms with Gasteiger partial charge in [0.15, 0.2) is 0 Å². The van der Waals surface area contributed by atoms with Crippen LogP contribution in [0, 0.1) is 0 Å². The Morgan fingerprint density at radius 1 is 1.53 bits per heavy atom. The zero-order chi connectivity index (χ0) is 12.8. The summed E-state index contributed by atoms with van der Waals surface area (Å²) in [5.41, 5.74) is 6.20. The number of nitrogen functional groups attached to an aromatic ring is 1. The lowest BCUT2D eigenvalue weighted by molar-refractivity contribution is -0.118. The van der Waals surface area contributed by atoms with Gasteiger partial charge in [-0.15, -0.1) is 0 Å². The minimum atomic E-state index is -0.116. The van der Waals surface area contributed by atoms with E-state index in [1.165, 1.54) is 0 Å². The number of amides is 1. The minimum Gasteiger partial charge on any atom is -0.473 e. The number of rotatable bonds is 5. The van der Waals surface area contributed by atoms with Crippen LogP contribution in [0.1, 0.15) is 13.8 Å². The van der Waals surface area contributed by atoms with Crippen LogP contribution in [0.15, 0.2) is 12.1 Å². The first-order chi connectivity index (χ1) is 8.02. The van der Waals surface area contributed by atoms with E-state index < -0.39 is 0 Å². The Morgan fingerprint density at radius 3 is 2.82 bits per heavy atom. The monoisotopic (exact) mass is 238 g/mol.